The van der Waals surface area contributed by atoms with Crippen LogP contribution in [-0.2, 0) is 6.42 Å². The molecule has 0 saturated heterocycles. The summed E-state index contributed by atoms with van der Waals surface area (Å²) < 4.78 is 0. The van der Waals surface area contributed by atoms with Gasteiger partial charge in [0.25, 0.3) is 0 Å². The second-order valence-electron chi connectivity index (χ2n) is 11.8. The number of aryl methyl sites for hydroxylation is 2. The lowest BCUT2D eigenvalue weighted by molar-refractivity contribution is -0.386. The van der Waals surface area contributed by atoms with Crippen molar-refractivity contribution in [1.82, 2.24) is 9.88 Å². The van der Waals surface area contributed by atoms with E-state index in [4.69, 9.17) is 0 Å². The number of carbonyl (C=O) groups excluding carboxylic acids is 1. The second-order valence-corrected chi connectivity index (χ2v) is 11.8. The fourth-order valence-electron chi connectivity index (χ4n) is 5.74. The van der Waals surface area contributed by atoms with Crippen molar-refractivity contribution in [3.63, 3.8) is 0 Å². The number of nitro groups is 1. The molecule has 0 fully saturated rings. The number of benzene rings is 4. The van der Waals surface area contributed by atoms with E-state index in [0.717, 1.165) is 73.9 Å². The number of phenolic OH excluding ortho intramolecular Hbond substituents is 2. The highest BCUT2D eigenvalue weighted by molar-refractivity contribution is 6.09. The second kappa shape index (κ2) is 15.2. The Bertz CT molecular complexity index is 1960. The van der Waals surface area contributed by atoms with Gasteiger partial charge in [0, 0.05) is 47.4 Å². The Morgan fingerprint density at radius 3 is 2.31 bits per heavy atom. The molecule has 0 unspecified atom stereocenters. The molecule has 4 N–H and O–H groups in total. The minimum atomic E-state index is -0.873. The first-order valence-corrected chi connectivity index (χ1v) is 15.7. The molecule has 1 aromatic heterocycles. The van der Waals surface area contributed by atoms with Gasteiger partial charge in [-0.05, 0) is 80.1 Å². The molecular weight excluding hydrogens is 610 g/mol. The molecule has 10 heteroatoms. The van der Waals surface area contributed by atoms with E-state index in [1.54, 1.807) is 36.4 Å². The fourth-order valence-corrected chi connectivity index (χ4v) is 5.74. The number of carboxylic acid groups (broad SMARTS) is 1. The van der Waals surface area contributed by atoms with Crippen molar-refractivity contribution in [1.29, 1.82) is 0 Å². The largest absolute Gasteiger partial charge is 0.504 e. The summed E-state index contributed by atoms with van der Waals surface area (Å²) in [5, 5.41) is 39.8. The Hall–Kier alpha value is -5.74. The Balaban J connectivity index is 0.000000199. The average Bonchev–Trinajstić information content (AvgIpc) is 3.51. The number of aromatic nitrogens is 1. The van der Waals surface area contributed by atoms with Crippen molar-refractivity contribution in [3.05, 3.63) is 141 Å². The van der Waals surface area contributed by atoms with Crippen molar-refractivity contribution in [2.45, 2.75) is 32.6 Å². The Kier molecular flexibility index (Phi) is 10.7. The first-order chi connectivity index (χ1) is 23.1. The molecule has 48 heavy (non-hydrogen) atoms. The van der Waals surface area contributed by atoms with E-state index in [9.17, 15) is 35.0 Å². The maximum Gasteiger partial charge on any atom is 0.335 e. The lowest BCUT2D eigenvalue weighted by Crippen LogP contribution is -2.29. The van der Waals surface area contributed by atoms with Crippen molar-refractivity contribution in [2.24, 2.45) is 0 Å². The minimum Gasteiger partial charge on any atom is -0.504 e. The molecule has 0 aliphatic carbocycles. The summed E-state index contributed by atoms with van der Waals surface area (Å²) >= 11 is 0. The van der Waals surface area contributed by atoms with Gasteiger partial charge in [-0.2, -0.15) is 0 Å². The summed E-state index contributed by atoms with van der Waals surface area (Å²) in [6, 6.07) is 24.5. The van der Waals surface area contributed by atoms with E-state index in [-0.39, 0.29) is 5.56 Å². The van der Waals surface area contributed by atoms with Gasteiger partial charge in [0.15, 0.2) is 11.5 Å². The third-order valence-corrected chi connectivity index (χ3v) is 8.46. The van der Waals surface area contributed by atoms with Crippen molar-refractivity contribution < 1.29 is 29.8 Å². The molecule has 0 radical (unpaired) electrons. The maximum atomic E-state index is 12.2. The van der Waals surface area contributed by atoms with Gasteiger partial charge in [0.1, 0.15) is 0 Å². The number of nitrogens with one attached hydrogen (secondary N) is 1. The van der Waals surface area contributed by atoms with Crippen LogP contribution in [-0.4, -0.2) is 61.5 Å². The molecule has 0 amide bonds. The molecule has 1 aliphatic heterocycles. The molecule has 6 rings (SSSR count). The van der Waals surface area contributed by atoms with Crippen LogP contribution in [0.5, 0.6) is 11.5 Å². The van der Waals surface area contributed by atoms with E-state index in [0.29, 0.717) is 11.1 Å². The average molecular weight is 648 g/mol. The normalized spacial score (nSPS) is 13.0. The van der Waals surface area contributed by atoms with Crippen LogP contribution in [0.2, 0.25) is 0 Å². The van der Waals surface area contributed by atoms with Crippen LogP contribution < -0.4 is 0 Å². The van der Waals surface area contributed by atoms with E-state index in [1.807, 2.05) is 19.2 Å². The fraction of sp³-hybridized carbons (Fsp3) is 0.211. The zero-order valence-electron chi connectivity index (χ0n) is 26.6. The van der Waals surface area contributed by atoms with Crippen LogP contribution >= 0.6 is 0 Å². The first kappa shape index (κ1) is 33.6. The third-order valence-electron chi connectivity index (χ3n) is 8.46. The van der Waals surface area contributed by atoms with Crippen LogP contribution in [0.1, 0.15) is 62.2 Å². The number of H-pyrrole nitrogens is 1. The number of nitrogens with zero attached hydrogens (tertiary/aromatic N) is 2. The monoisotopic (exact) mass is 647 g/mol. The van der Waals surface area contributed by atoms with Crippen LogP contribution in [0.15, 0.2) is 97.2 Å². The van der Waals surface area contributed by atoms with Crippen LogP contribution in [0.3, 0.4) is 0 Å². The van der Waals surface area contributed by atoms with Crippen LogP contribution in [0.25, 0.3) is 16.5 Å². The molecular formula is C38H37N3O7. The van der Waals surface area contributed by atoms with Crippen LogP contribution in [0, 0.1) is 17.0 Å². The number of hydrogen-bond acceptors (Lipinski definition) is 7. The zero-order chi connectivity index (χ0) is 34.2. The number of nitro benzene ring substituents is 1. The van der Waals surface area contributed by atoms with E-state index < -0.39 is 33.9 Å². The van der Waals surface area contributed by atoms with Gasteiger partial charge in [-0.1, -0.05) is 66.2 Å². The quantitative estimate of drug-likeness (QED) is 0.0398. The molecule has 0 saturated carbocycles. The predicted octanol–water partition coefficient (Wildman–Crippen LogP) is 7.52. The number of carboxylic acids is 1. The highest BCUT2D eigenvalue weighted by Gasteiger charge is 2.22. The molecule has 0 bridgehead atoms. The number of aromatic hydroxyl groups is 2. The number of ketones is 1. The van der Waals surface area contributed by atoms with Gasteiger partial charge in [0.2, 0.25) is 5.75 Å². The Morgan fingerprint density at radius 2 is 1.65 bits per heavy atom. The van der Waals surface area contributed by atoms with E-state index >= 15 is 0 Å². The van der Waals surface area contributed by atoms with E-state index in [2.05, 4.69) is 46.3 Å². The van der Waals surface area contributed by atoms with Gasteiger partial charge < -0.3 is 20.3 Å². The minimum absolute atomic E-state index is 0.0594. The smallest absolute Gasteiger partial charge is 0.335 e. The summed E-state index contributed by atoms with van der Waals surface area (Å²) in [4.78, 5) is 39.1. The lowest BCUT2D eigenvalue weighted by atomic mass is 9.99. The van der Waals surface area contributed by atoms with Gasteiger partial charge in [-0.3, -0.25) is 19.8 Å². The van der Waals surface area contributed by atoms with E-state index in [1.165, 1.54) is 16.7 Å². The topological polar surface area (TPSA) is 157 Å². The molecule has 2 heterocycles. The number of fused-ring (bicyclic) bond motifs is 1. The molecule has 10 nitrogen and oxygen atoms in total. The van der Waals surface area contributed by atoms with Gasteiger partial charge >= 0.3 is 11.7 Å². The molecule has 1 aliphatic rings. The Labute approximate surface area is 277 Å². The number of aromatic carboxylic acids is 1. The molecule has 246 valence electrons. The molecule has 0 atom stereocenters. The standard InChI is InChI=1S/C24H26N2O2.C14H11NO5/c27-24(28)20-9-10-23-22(16-20)21(17-25-23)8-4-5-13-26-14-11-19(12-15-26)18-6-2-1-3-7-18;1-8-2-4-9(5-3-8)13(17)10-6-11(15(19)20)14(18)12(16)7-10/h1-3,6-7,9-11,16-17,25H,4-5,8,12-15H2,(H,27,28);2-7,16,18H,1H3. The van der Waals surface area contributed by atoms with Gasteiger partial charge in [-0.15, -0.1) is 0 Å². The summed E-state index contributed by atoms with van der Waals surface area (Å²) in [7, 11) is 0. The number of aromatic amines is 1. The highest BCUT2D eigenvalue weighted by atomic mass is 16.6. The van der Waals surface area contributed by atoms with Gasteiger partial charge in [-0.25, -0.2) is 4.79 Å². The molecule has 4 aromatic carbocycles. The highest BCUT2D eigenvalue weighted by Crippen LogP contribution is 2.36. The van der Waals surface area contributed by atoms with Crippen molar-refractivity contribution in [2.75, 3.05) is 19.6 Å². The summed E-state index contributed by atoms with van der Waals surface area (Å²) in [6.07, 6.45) is 8.74. The molecule has 0 spiro atoms. The number of hydrogen-bond donors (Lipinski definition) is 4. The van der Waals surface area contributed by atoms with Gasteiger partial charge in [0.05, 0.1) is 10.5 Å². The van der Waals surface area contributed by atoms with Crippen molar-refractivity contribution >= 4 is 33.9 Å². The number of rotatable bonds is 10. The zero-order valence-corrected chi connectivity index (χ0v) is 26.6. The number of unbranched alkanes of at least 4 members (excludes halogenated alkanes) is 1. The van der Waals surface area contributed by atoms with Crippen molar-refractivity contribution in [3.8, 4) is 11.5 Å². The first-order valence-electron chi connectivity index (χ1n) is 15.7. The summed E-state index contributed by atoms with van der Waals surface area (Å²) in [5.74, 6) is -2.89. The lowest BCUT2D eigenvalue weighted by Gasteiger charge is -2.26. The predicted molar refractivity (Wildman–Crippen MR) is 185 cm³/mol. The SMILES string of the molecule is Cc1ccc(C(=O)c2cc(O)c(O)c([N+](=O)[O-])c2)cc1.O=C(O)c1ccc2[nH]cc(CCCCN3CC=C(c4ccccc4)CC3)c2c1. The Morgan fingerprint density at radius 1 is 0.917 bits per heavy atom. The maximum absolute atomic E-state index is 12.2. The number of carbonyl (C=O) groups is 2. The molecule has 5 aromatic rings. The summed E-state index contributed by atoms with van der Waals surface area (Å²) in [5.41, 5.74) is 5.93. The van der Waals surface area contributed by atoms with Crippen LogP contribution in [0.4, 0.5) is 5.69 Å². The number of phenols is 2. The summed E-state index contributed by atoms with van der Waals surface area (Å²) in [6.45, 7) is 5.13. The third kappa shape index (κ3) is 8.15.